The molecule has 1 saturated heterocycles. The van der Waals surface area contributed by atoms with E-state index in [1.165, 1.54) is 19.3 Å². The molecule has 2 N–H and O–H groups in total. The van der Waals surface area contributed by atoms with Crippen LogP contribution in [0.4, 0.5) is 5.69 Å². The molecule has 1 aromatic rings. The average molecular weight is 407 g/mol. The zero-order valence-electron chi connectivity index (χ0n) is 15.5. The normalized spacial score (nSPS) is 14.0. The highest BCUT2D eigenvalue weighted by atomic mass is 35.5. The molecule has 0 radical (unpaired) electrons. The van der Waals surface area contributed by atoms with Crippen molar-refractivity contribution in [3.8, 4) is 5.75 Å². The van der Waals surface area contributed by atoms with Gasteiger partial charge in [0, 0.05) is 24.8 Å². The van der Waals surface area contributed by atoms with E-state index < -0.39 is 5.97 Å². The number of aromatic hydroxyl groups is 1. The van der Waals surface area contributed by atoms with Gasteiger partial charge < -0.3 is 20.1 Å². The number of rotatable bonds is 9. The number of carbonyl (C=O) groups excluding carboxylic acids is 1. The maximum atomic E-state index is 12.1. The van der Waals surface area contributed by atoms with Crippen LogP contribution in [-0.4, -0.2) is 48.8 Å². The van der Waals surface area contributed by atoms with E-state index in [9.17, 15) is 9.90 Å². The Balaban J connectivity index is 0.00000312. The van der Waals surface area contributed by atoms with Gasteiger partial charge in [-0.05, 0) is 50.9 Å². The van der Waals surface area contributed by atoms with E-state index in [2.05, 4.69) is 17.1 Å². The molecule has 150 valence electrons. The van der Waals surface area contributed by atoms with Gasteiger partial charge in [-0.25, -0.2) is 4.79 Å². The van der Waals surface area contributed by atoms with Crippen molar-refractivity contribution in [1.82, 2.24) is 4.90 Å². The lowest BCUT2D eigenvalue weighted by molar-refractivity contribution is 0.0482. The van der Waals surface area contributed by atoms with E-state index in [1.54, 1.807) is 18.2 Å². The van der Waals surface area contributed by atoms with Crippen molar-refractivity contribution in [3.05, 3.63) is 23.8 Å². The van der Waals surface area contributed by atoms with E-state index >= 15 is 0 Å². The third-order valence-electron chi connectivity index (χ3n) is 4.38. The maximum absolute atomic E-state index is 12.1. The number of likely N-dealkylation sites (tertiary alicyclic amines) is 1. The molecule has 0 aliphatic carbocycles. The number of unbranched alkanes of at least 4 members (excludes halogenated alkanes) is 1. The van der Waals surface area contributed by atoms with Crippen molar-refractivity contribution in [2.45, 2.75) is 45.4 Å². The van der Waals surface area contributed by atoms with Crippen LogP contribution in [0.3, 0.4) is 0 Å². The van der Waals surface area contributed by atoms with Crippen molar-refractivity contribution in [2.24, 2.45) is 0 Å². The van der Waals surface area contributed by atoms with Gasteiger partial charge in [0.1, 0.15) is 11.3 Å². The highest BCUT2D eigenvalue weighted by molar-refractivity contribution is 5.93. The molecule has 5 nitrogen and oxygen atoms in total. The van der Waals surface area contributed by atoms with Crippen LogP contribution >= 0.6 is 24.8 Å². The number of nitrogens with one attached hydrogen (secondary N) is 1. The van der Waals surface area contributed by atoms with Gasteiger partial charge in [0.2, 0.25) is 0 Å². The largest absolute Gasteiger partial charge is 0.507 e. The predicted octanol–water partition coefficient (Wildman–Crippen LogP) is 4.48. The third-order valence-corrected chi connectivity index (χ3v) is 4.38. The quantitative estimate of drug-likeness (QED) is 0.467. The lowest BCUT2D eigenvalue weighted by Crippen LogP contribution is -2.31. The Hall–Kier alpha value is -1.17. The van der Waals surface area contributed by atoms with Crippen LogP contribution in [-0.2, 0) is 4.74 Å². The Morgan fingerprint density at radius 2 is 1.92 bits per heavy atom. The summed E-state index contributed by atoms with van der Waals surface area (Å²) in [7, 11) is 0. The molecule has 1 aliphatic heterocycles. The Morgan fingerprint density at radius 3 is 2.58 bits per heavy atom. The first-order chi connectivity index (χ1) is 11.7. The number of phenolic OH excluding ortho intramolecular Hbond substituents is 1. The molecule has 26 heavy (non-hydrogen) atoms. The zero-order valence-corrected chi connectivity index (χ0v) is 17.2. The molecule has 0 unspecified atom stereocenters. The van der Waals surface area contributed by atoms with Crippen LogP contribution in [0, 0.1) is 0 Å². The molecule has 1 aliphatic rings. The molecule has 2 rings (SSSR count). The van der Waals surface area contributed by atoms with E-state index in [0.29, 0.717) is 6.61 Å². The molecule has 1 aromatic carbocycles. The summed E-state index contributed by atoms with van der Waals surface area (Å²) in [4.78, 5) is 14.5. The van der Waals surface area contributed by atoms with E-state index in [-0.39, 0.29) is 36.1 Å². The fourth-order valence-electron chi connectivity index (χ4n) is 2.94. The van der Waals surface area contributed by atoms with Gasteiger partial charge in [0.15, 0.2) is 0 Å². The first-order valence-electron chi connectivity index (χ1n) is 9.17. The van der Waals surface area contributed by atoms with Crippen LogP contribution in [0.25, 0.3) is 0 Å². The molecular weight excluding hydrogens is 375 g/mol. The second-order valence-corrected chi connectivity index (χ2v) is 6.40. The lowest BCUT2D eigenvalue weighted by atomic mass is 10.1. The summed E-state index contributed by atoms with van der Waals surface area (Å²) in [6, 6.07) is 5.01. The molecule has 0 bridgehead atoms. The minimum atomic E-state index is -0.453. The van der Waals surface area contributed by atoms with Gasteiger partial charge in [-0.15, -0.1) is 24.8 Å². The first-order valence-corrected chi connectivity index (χ1v) is 9.17. The van der Waals surface area contributed by atoms with Gasteiger partial charge >= 0.3 is 5.97 Å². The average Bonchev–Trinajstić information content (AvgIpc) is 2.60. The van der Waals surface area contributed by atoms with Crippen LogP contribution < -0.4 is 5.32 Å². The highest BCUT2D eigenvalue weighted by Crippen LogP contribution is 2.23. The number of esters is 1. The number of anilines is 1. The van der Waals surface area contributed by atoms with Crippen LogP contribution in [0.2, 0.25) is 0 Å². The molecule has 1 fully saturated rings. The molecule has 0 spiro atoms. The molecule has 1 heterocycles. The summed E-state index contributed by atoms with van der Waals surface area (Å²) in [5, 5.41) is 13.3. The van der Waals surface area contributed by atoms with Gasteiger partial charge in [0.25, 0.3) is 0 Å². The number of carbonyl (C=O) groups is 1. The fourth-order valence-corrected chi connectivity index (χ4v) is 2.94. The predicted molar refractivity (Wildman–Crippen MR) is 111 cm³/mol. The van der Waals surface area contributed by atoms with E-state index in [0.717, 1.165) is 51.1 Å². The monoisotopic (exact) mass is 406 g/mol. The summed E-state index contributed by atoms with van der Waals surface area (Å²) in [5.74, 6) is -0.483. The van der Waals surface area contributed by atoms with E-state index in [1.807, 2.05) is 0 Å². The van der Waals surface area contributed by atoms with Crippen molar-refractivity contribution >= 4 is 36.5 Å². The molecule has 7 heteroatoms. The molecule has 0 saturated carbocycles. The van der Waals surface area contributed by atoms with Crippen LogP contribution in [0.15, 0.2) is 18.2 Å². The first kappa shape index (κ1) is 24.8. The van der Waals surface area contributed by atoms with E-state index in [4.69, 9.17) is 4.74 Å². The minimum absolute atomic E-state index is 0. The number of hydrogen-bond donors (Lipinski definition) is 2. The van der Waals surface area contributed by atoms with Gasteiger partial charge in [-0.1, -0.05) is 19.8 Å². The smallest absolute Gasteiger partial charge is 0.341 e. The molecule has 0 aromatic heterocycles. The second-order valence-electron chi connectivity index (χ2n) is 6.40. The SMILES string of the molecule is CCCCNc1ccc(C(=O)OCCCN2CCCCC2)c(O)c1.Cl.Cl. The summed E-state index contributed by atoms with van der Waals surface area (Å²) >= 11 is 0. The number of hydrogen-bond acceptors (Lipinski definition) is 5. The Morgan fingerprint density at radius 1 is 1.19 bits per heavy atom. The Labute approximate surface area is 169 Å². The number of benzene rings is 1. The van der Waals surface area contributed by atoms with Gasteiger partial charge in [-0.2, -0.15) is 0 Å². The Kier molecular flexibility index (Phi) is 13.3. The summed E-state index contributed by atoms with van der Waals surface area (Å²) in [5.41, 5.74) is 1.05. The molecule has 0 amide bonds. The van der Waals surface area contributed by atoms with Crippen molar-refractivity contribution in [3.63, 3.8) is 0 Å². The zero-order chi connectivity index (χ0) is 17.2. The van der Waals surface area contributed by atoms with Gasteiger partial charge in [0.05, 0.1) is 6.61 Å². The van der Waals surface area contributed by atoms with Crippen LogP contribution in [0.5, 0.6) is 5.75 Å². The number of nitrogens with zero attached hydrogens (tertiary/aromatic N) is 1. The highest BCUT2D eigenvalue weighted by Gasteiger charge is 2.14. The topological polar surface area (TPSA) is 61.8 Å². The summed E-state index contributed by atoms with van der Waals surface area (Å²) in [6.07, 6.45) is 6.89. The van der Waals surface area contributed by atoms with Crippen LogP contribution in [0.1, 0.15) is 55.8 Å². The minimum Gasteiger partial charge on any atom is -0.507 e. The third kappa shape index (κ3) is 8.47. The lowest BCUT2D eigenvalue weighted by Gasteiger charge is -2.26. The van der Waals surface area contributed by atoms with Crippen molar-refractivity contribution in [2.75, 3.05) is 38.1 Å². The van der Waals surface area contributed by atoms with Gasteiger partial charge in [-0.3, -0.25) is 0 Å². The standard InChI is InChI=1S/C19H30N2O3.2ClH/c1-2-3-10-20-16-8-9-17(18(22)15-16)19(23)24-14-7-13-21-11-5-4-6-12-21;;/h8-9,15,20,22H,2-7,10-14H2,1H3;2*1H. The fraction of sp³-hybridized carbons (Fsp3) is 0.632. The van der Waals surface area contributed by atoms with Crippen molar-refractivity contribution in [1.29, 1.82) is 0 Å². The molecular formula is C19H32Cl2N2O3. The van der Waals surface area contributed by atoms with Crippen molar-refractivity contribution < 1.29 is 14.6 Å². The number of piperidine rings is 1. The maximum Gasteiger partial charge on any atom is 0.341 e. The summed E-state index contributed by atoms with van der Waals surface area (Å²) < 4.78 is 5.29. The summed E-state index contributed by atoms with van der Waals surface area (Å²) in [6.45, 7) is 6.66. The second kappa shape index (κ2) is 14.0. The molecule has 0 atom stereocenters. The number of ether oxygens (including phenoxy) is 1. The number of halogens is 2. The number of phenols is 1. The Bertz CT molecular complexity index is 524.